The molecule has 1 aromatic heterocycles. The highest BCUT2D eigenvalue weighted by molar-refractivity contribution is 7.20. The second kappa shape index (κ2) is 8.31. The lowest BCUT2D eigenvalue weighted by Crippen LogP contribution is -2.45. The molecular formula is C31H34N2O2S. The Kier molecular flexibility index (Phi) is 5.42. The molecule has 4 nitrogen and oxygen atoms in total. The summed E-state index contributed by atoms with van der Waals surface area (Å²) in [5.41, 5.74) is 9.19. The molecule has 0 saturated heterocycles. The molecule has 3 aliphatic rings. The van der Waals surface area contributed by atoms with E-state index >= 15 is 0 Å². The van der Waals surface area contributed by atoms with Crippen LogP contribution in [-0.2, 0) is 22.0 Å². The van der Waals surface area contributed by atoms with Crippen LogP contribution < -0.4 is 9.64 Å². The van der Waals surface area contributed by atoms with Gasteiger partial charge in [-0.3, -0.25) is 4.79 Å². The van der Waals surface area contributed by atoms with Crippen LogP contribution in [0.1, 0.15) is 79.8 Å². The number of aldehydes is 1. The number of carbonyl (C=O) groups excluding carboxylic acids is 1. The molecule has 0 bridgehead atoms. The summed E-state index contributed by atoms with van der Waals surface area (Å²) in [6, 6.07) is 6.55. The number of carbonyl (C=O) groups is 1. The molecule has 36 heavy (non-hydrogen) atoms. The number of allylic oxidation sites excluding steroid dienone is 2. The van der Waals surface area contributed by atoms with Gasteiger partial charge in [0.05, 0.1) is 22.9 Å². The van der Waals surface area contributed by atoms with E-state index in [9.17, 15) is 4.79 Å². The highest BCUT2D eigenvalue weighted by Gasteiger charge is 2.42. The summed E-state index contributed by atoms with van der Waals surface area (Å²) in [5, 5.41) is 0.765. The minimum atomic E-state index is -0.00814. The van der Waals surface area contributed by atoms with E-state index < -0.39 is 0 Å². The van der Waals surface area contributed by atoms with Crippen molar-refractivity contribution in [3.8, 4) is 5.75 Å². The first kappa shape index (κ1) is 23.5. The average Bonchev–Trinajstić information content (AvgIpc) is 3.30. The van der Waals surface area contributed by atoms with Crippen molar-refractivity contribution in [1.82, 2.24) is 4.98 Å². The van der Waals surface area contributed by atoms with Crippen molar-refractivity contribution in [2.75, 3.05) is 25.1 Å². The highest BCUT2D eigenvalue weighted by Crippen LogP contribution is 2.54. The largest absolute Gasteiger partial charge is 0.496 e. The van der Waals surface area contributed by atoms with Crippen LogP contribution in [0.15, 0.2) is 24.3 Å². The number of rotatable bonds is 4. The van der Waals surface area contributed by atoms with Gasteiger partial charge < -0.3 is 9.64 Å². The minimum Gasteiger partial charge on any atom is -0.496 e. The van der Waals surface area contributed by atoms with Crippen LogP contribution in [0.25, 0.3) is 27.9 Å². The third-order valence-corrected chi connectivity index (χ3v) is 9.61. The molecule has 0 atom stereocenters. The van der Waals surface area contributed by atoms with E-state index in [1.807, 2.05) is 6.08 Å². The van der Waals surface area contributed by atoms with Crippen LogP contribution in [0, 0.1) is 0 Å². The first-order valence-corrected chi connectivity index (χ1v) is 13.8. The zero-order valence-electron chi connectivity index (χ0n) is 21.9. The molecule has 0 fully saturated rings. The maximum atomic E-state index is 12.5. The monoisotopic (exact) mass is 498 g/mol. The van der Waals surface area contributed by atoms with E-state index in [0.29, 0.717) is 5.57 Å². The lowest BCUT2D eigenvalue weighted by atomic mass is 9.68. The number of hydrogen-bond acceptors (Lipinski definition) is 5. The maximum Gasteiger partial charge on any atom is 0.153 e. The summed E-state index contributed by atoms with van der Waals surface area (Å²) in [6.45, 7) is 11.5. The highest BCUT2D eigenvalue weighted by atomic mass is 32.1. The van der Waals surface area contributed by atoms with Gasteiger partial charge in [0.25, 0.3) is 0 Å². The van der Waals surface area contributed by atoms with Gasteiger partial charge in [0.15, 0.2) is 6.29 Å². The number of fused-ring (bicyclic) bond motifs is 3. The Morgan fingerprint density at radius 3 is 2.67 bits per heavy atom. The number of ether oxygens (including phenoxy) is 1. The van der Waals surface area contributed by atoms with Gasteiger partial charge in [0.2, 0.25) is 0 Å². The first-order valence-electron chi connectivity index (χ1n) is 13.0. The van der Waals surface area contributed by atoms with Crippen molar-refractivity contribution in [3.05, 3.63) is 57.1 Å². The number of aromatic nitrogens is 1. The van der Waals surface area contributed by atoms with Crippen molar-refractivity contribution in [1.29, 1.82) is 0 Å². The third-order valence-electron chi connectivity index (χ3n) is 8.46. The Hall–Kier alpha value is -2.92. The molecule has 0 N–H and O–H groups in total. The van der Waals surface area contributed by atoms with Gasteiger partial charge in [-0.25, -0.2) is 4.98 Å². The molecule has 3 heterocycles. The van der Waals surface area contributed by atoms with E-state index in [2.05, 4.69) is 62.9 Å². The number of aryl methyl sites for hydroxylation is 1. The summed E-state index contributed by atoms with van der Waals surface area (Å²) in [7, 11) is 1.76. The Labute approximate surface area is 217 Å². The van der Waals surface area contributed by atoms with Crippen LogP contribution in [0.5, 0.6) is 5.75 Å². The van der Waals surface area contributed by atoms with Gasteiger partial charge in [-0.2, -0.15) is 0 Å². The molecule has 3 aromatic rings. The maximum absolute atomic E-state index is 12.5. The molecule has 0 unspecified atom stereocenters. The van der Waals surface area contributed by atoms with E-state index in [4.69, 9.17) is 9.72 Å². The molecule has 1 aliphatic carbocycles. The number of benzene rings is 2. The fourth-order valence-electron chi connectivity index (χ4n) is 6.23. The number of anilines is 1. The predicted molar refractivity (Wildman–Crippen MR) is 151 cm³/mol. The Morgan fingerprint density at radius 1 is 1.14 bits per heavy atom. The standard InChI is InChI=1S/C31H34N2O2S/c1-30(2)12-14-33-15-13-31(3,4)25-26(33)23(30)17-20(27(25)35-5)16-21(18-34)29-32-24-11-10-19-8-6-7-9-22(19)28(24)36-29/h7,9-11,16-18H,6,8,12-15H2,1-5H3/b21-16+. The lowest BCUT2D eigenvalue weighted by molar-refractivity contribution is -0.103. The van der Waals surface area contributed by atoms with Gasteiger partial charge in [-0.1, -0.05) is 45.9 Å². The van der Waals surface area contributed by atoms with Crippen LogP contribution >= 0.6 is 11.3 Å². The fourth-order valence-corrected chi connectivity index (χ4v) is 7.32. The third kappa shape index (κ3) is 3.54. The van der Waals surface area contributed by atoms with Crippen LogP contribution in [0.4, 0.5) is 5.69 Å². The second-order valence-corrected chi connectivity index (χ2v) is 12.7. The fraction of sp³-hybridized carbons (Fsp3) is 0.419. The van der Waals surface area contributed by atoms with Crippen molar-refractivity contribution >= 4 is 51.3 Å². The van der Waals surface area contributed by atoms with Gasteiger partial charge in [-0.05, 0) is 71.4 Å². The summed E-state index contributed by atoms with van der Waals surface area (Å²) in [4.78, 5) is 19.9. The van der Waals surface area contributed by atoms with Crippen LogP contribution in [0.2, 0.25) is 0 Å². The van der Waals surface area contributed by atoms with E-state index in [-0.39, 0.29) is 10.8 Å². The number of hydrogen-bond donors (Lipinski definition) is 0. The predicted octanol–water partition coefficient (Wildman–Crippen LogP) is 7.17. The van der Waals surface area contributed by atoms with E-state index in [1.54, 1.807) is 18.4 Å². The lowest BCUT2D eigenvalue weighted by Gasteiger charge is -2.48. The number of nitrogens with zero attached hydrogens (tertiary/aromatic N) is 2. The molecule has 0 saturated carbocycles. The molecule has 0 radical (unpaired) electrons. The number of thiazole rings is 1. The number of methoxy groups -OCH3 is 1. The van der Waals surface area contributed by atoms with Crippen molar-refractivity contribution < 1.29 is 9.53 Å². The molecule has 0 spiro atoms. The molecule has 2 aliphatic heterocycles. The molecule has 186 valence electrons. The second-order valence-electron chi connectivity index (χ2n) is 11.7. The molecule has 6 rings (SSSR count). The Bertz CT molecular complexity index is 1460. The molecule has 0 amide bonds. The van der Waals surface area contributed by atoms with Gasteiger partial charge in [-0.15, -0.1) is 11.3 Å². The molecule has 5 heteroatoms. The van der Waals surface area contributed by atoms with Crippen molar-refractivity contribution in [2.45, 2.75) is 64.2 Å². The van der Waals surface area contributed by atoms with Crippen molar-refractivity contribution in [2.24, 2.45) is 0 Å². The minimum absolute atomic E-state index is 0.00814. The summed E-state index contributed by atoms with van der Waals surface area (Å²) in [6.07, 6.45) is 11.7. The summed E-state index contributed by atoms with van der Waals surface area (Å²) < 4.78 is 7.28. The van der Waals surface area contributed by atoms with Crippen molar-refractivity contribution in [3.63, 3.8) is 0 Å². The van der Waals surface area contributed by atoms with Crippen LogP contribution in [-0.4, -0.2) is 31.5 Å². The SMILES string of the molecule is COc1c(/C=C(\C=O)c2nc3ccc4c(c3s2)C=CCC4)cc2c3c1C(C)(C)CCN3CCC2(C)C. The Balaban J connectivity index is 1.56. The van der Waals surface area contributed by atoms with Crippen LogP contribution in [0.3, 0.4) is 0 Å². The zero-order valence-corrected chi connectivity index (χ0v) is 22.7. The smallest absolute Gasteiger partial charge is 0.153 e. The summed E-state index contributed by atoms with van der Waals surface area (Å²) >= 11 is 1.62. The first-order chi connectivity index (χ1) is 17.2. The normalized spacial score (nSPS) is 19.7. The van der Waals surface area contributed by atoms with Gasteiger partial charge in [0.1, 0.15) is 10.8 Å². The Morgan fingerprint density at radius 2 is 1.92 bits per heavy atom. The van der Waals surface area contributed by atoms with E-state index in [0.717, 1.165) is 71.6 Å². The van der Waals surface area contributed by atoms with E-state index in [1.165, 1.54) is 27.9 Å². The molecule has 2 aromatic carbocycles. The van der Waals surface area contributed by atoms with Gasteiger partial charge >= 0.3 is 0 Å². The average molecular weight is 499 g/mol. The summed E-state index contributed by atoms with van der Waals surface area (Å²) in [5.74, 6) is 0.891. The quantitative estimate of drug-likeness (QED) is 0.282. The zero-order chi connectivity index (χ0) is 25.2. The molecular weight excluding hydrogens is 464 g/mol. The topological polar surface area (TPSA) is 42.4 Å². The van der Waals surface area contributed by atoms with Gasteiger partial charge in [0, 0.05) is 29.9 Å².